The topological polar surface area (TPSA) is 38.3 Å². The maximum Gasteiger partial charge on any atom is 0.165 e. The molecule has 1 saturated heterocycles. The zero-order chi connectivity index (χ0) is 15.6. The highest BCUT2D eigenvalue weighted by molar-refractivity contribution is 7.99. The molecule has 0 bridgehead atoms. The predicted octanol–water partition coefficient (Wildman–Crippen LogP) is 3.30. The van der Waals surface area contributed by atoms with Gasteiger partial charge >= 0.3 is 0 Å². The van der Waals surface area contributed by atoms with Gasteiger partial charge in [-0.2, -0.15) is 0 Å². The highest BCUT2D eigenvalue weighted by Crippen LogP contribution is 2.40. The minimum Gasteiger partial charge on any atom is -0.375 e. The van der Waals surface area contributed by atoms with Crippen LogP contribution >= 0.6 is 11.8 Å². The van der Waals surface area contributed by atoms with Crippen LogP contribution in [0.3, 0.4) is 0 Å². The van der Waals surface area contributed by atoms with Crippen molar-refractivity contribution < 1.29 is 9.53 Å². The van der Waals surface area contributed by atoms with Crippen LogP contribution in [0.15, 0.2) is 52.3 Å². The molecule has 0 saturated carbocycles. The highest BCUT2D eigenvalue weighted by Gasteiger charge is 2.24. The second-order valence-corrected chi connectivity index (χ2v) is 7.08. The van der Waals surface area contributed by atoms with Crippen molar-refractivity contribution in [1.82, 2.24) is 5.32 Å². The number of carbonyl (C=O) groups excluding carboxylic acids is 1. The van der Waals surface area contributed by atoms with Gasteiger partial charge < -0.3 is 10.1 Å². The summed E-state index contributed by atoms with van der Waals surface area (Å²) in [6.45, 7) is 2.32. The lowest BCUT2D eigenvalue weighted by Crippen LogP contribution is -2.39. The molecule has 1 N–H and O–H groups in total. The molecule has 2 heterocycles. The van der Waals surface area contributed by atoms with Gasteiger partial charge in [-0.3, -0.25) is 4.79 Å². The summed E-state index contributed by atoms with van der Waals surface area (Å²) in [4.78, 5) is 15.3. The summed E-state index contributed by atoms with van der Waals surface area (Å²) in [7, 11) is 0. The van der Waals surface area contributed by atoms with E-state index in [2.05, 4.69) is 35.6 Å². The van der Waals surface area contributed by atoms with Crippen LogP contribution in [-0.4, -0.2) is 31.6 Å². The first kappa shape index (κ1) is 14.9. The Morgan fingerprint density at radius 1 is 1.17 bits per heavy atom. The van der Waals surface area contributed by atoms with Crippen LogP contribution in [0.25, 0.3) is 0 Å². The summed E-state index contributed by atoms with van der Waals surface area (Å²) in [5.74, 6) is 0.190. The van der Waals surface area contributed by atoms with Crippen molar-refractivity contribution in [3.63, 3.8) is 0 Å². The average Bonchev–Trinajstić information content (AvgIpc) is 2.60. The molecule has 2 aromatic carbocycles. The Hall–Kier alpha value is -1.62. The van der Waals surface area contributed by atoms with Crippen molar-refractivity contribution in [1.29, 1.82) is 0 Å². The van der Waals surface area contributed by atoms with Gasteiger partial charge in [0.15, 0.2) is 5.78 Å². The number of Topliss-reactive ketones (excluding diaryl/α,β-unsaturated/α-hetero) is 1. The molecule has 1 unspecified atom stereocenters. The van der Waals surface area contributed by atoms with Gasteiger partial charge in [0.1, 0.15) is 0 Å². The van der Waals surface area contributed by atoms with E-state index in [4.69, 9.17) is 4.74 Å². The molecule has 118 valence electrons. The molecule has 4 rings (SSSR count). The zero-order valence-electron chi connectivity index (χ0n) is 12.9. The van der Waals surface area contributed by atoms with E-state index in [1.54, 1.807) is 11.8 Å². The SMILES string of the molecule is O=C(CC1CNCCO1)c1cccc2c1Cc1ccccc1S2. The van der Waals surface area contributed by atoms with Gasteiger partial charge in [-0.05, 0) is 23.3 Å². The normalized spacial score (nSPS) is 19.7. The largest absolute Gasteiger partial charge is 0.375 e. The van der Waals surface area contributed by atoms with Crippen LogP contribution in [0.4, 0.5) is 0 Å². The molecular weight excluding hydrogens is 306 g/mol. The number of carbonyl (C=O) groups is 1. The Kier molecular flexibility index (Phi) is 4.21. The number of nitrogens with one attached hydrogen (secondary N) is 1. The standard InChI is InChI=1S/C19H19NO2S/c21-17(11-14-12-20-8-9-22-14)15-5-3-7-19-16(15)10-13-4-1-2-6-18(13)23-19/h1-7,14,20H,8-12H2. The third-order valence-corrected chi connectivity index (χ3v) is 5.63. The lowest BCUT2D eigenvalue weighted by atomic mass is 9.94. The first-order chi connectivity index (χ1) is 11.3. The lowest BCUT2D eigenvalue weighted by molar-refractivity contribution is 0.0240. The number of hydrogen-bond donors (Lipinski definition) is 1. The van der Waals surface area contributed by atoms with Crippen LogP contribution in [0.1, 0.15) is 27.9 Å². The van der Waals surface area contributed by atoms with E-state index in [1.807, 2.05) is 12.1 Å². The maximum absolute atomic E-state index is 12.8. The van der Waals surface area contributed by atoms with Crippen LogP contribution in [0.5, 0.6) is 0 Å². The summed E-state index contributed by atoms with van der Waals surface area (Å²) in [5, 5.41) is 3.29. The van der Waals surface area contributed by atoms with Crippen LogP contribution in [0, 0.1) is 0 Å². The molecule has 23 heavy (non-hydrogen) atoms. The molecule has 4 heteroatoms. The van der Waals surface area contributed by atoms with Crippen molar-refractivity contribution in [2.75, 3.05) is 19.7 Å². The average molecular weight is 325 g/mol. The van der Waals surface area contributed by atoms with Crippen molar-refractivity contribution in [3.05, 3.63) is 59.2 Å². The summed E-state index contributed by atoms with van der Waals surface area (Å²) in [6.07, 6.45) is 1.29. The number of benzene rings is 2. The second kappa shape index (κ2) is 6.48. The number of ether oxygens (including phenoxy) is 1. The Morgan fingerprint density at radius 3 is 2.91 bits per heavy atom. The predicted molar refractivity (Wildman–Crippen MR) is 91.4 cm³/mol. The van der Waals surface area contributed by atoms with E-state index < -0.39 is 0 Å². The van der Waals surface area contributed by atoms with Gasteiger partial charge in [-0.15, -0.1) is 0 Å². The molecule has 0 amide bonds. The van der Waals surface area contributed by atoms with Crippen LogP contribution < -0.4 is 5.32 Å². The fourth-order valence-corrected chi connectivity index (χ4v) is 4.34. The molecular formula is C19H19NO2S. The van der Waals surface area contributed by atoms with Gasteiger partial charge in [0.05, 0.1) is 12.7 Å². The molecule has 0 aliphatic carbocycles. The van der Waals surface area contributed by atoms with Gasteiger partial charge in [0.25, 0.3) is 0 Å². The third-order valence-electron chi connectivity index (χ3n) is 4.41. The Bertz CT molecular complexity index is 738. The van der Waals surface area contributed by atoms with E-state index in [0.29, 0.717) is 13.0 Å². The molecule has 3 nitrogen and oxygen atoms in total. The number of morpholine rings is 1. The van der Waals surface area contributed by atoms with Crippen molar-refractivity contribution in [2.45, 2.75) is 28.7 Å². The second-order valence-electron chi connectivity index (χ2n) is 5.99. The number of fused-ring (bicyclic) bond motifs is 2. The smallest absolute Gasteiger partial charge is 0.165 e. The third kappa shape index (κ3) is 3.07. The summed E-state index contributed by atoms with van der Waals surface area (Å²) in [5.41, 5.74) is 3.34. The highest BCUT2D eigenvalue weighted by atomic mass is 32.2. The fourth-order valence-electron chi connectivity index (χ4n) is 3.23. The van der Waals surface area contributed by atoms with Gasteiger partial charge in [0.2, 0.25) is 0 Å². The van der Waals surface area contributed by atoms with Crippen LogP contribution in [0.2, 0.25) is 0 Å². The molecule has 1 fully saturated rings. The fraction of sp³-hybridized carbons (Fsp3) is 0.316. The van der Waals surface area contributed by atoms with Gasteiger partial charge in [0, 0.05) is 41.3 Å². The molecule has 2 aliphatic rings. The molecule has 1 atom stereocenters. The monoisotopic (exact) mass is 325 g/mol. The van der Waals surface area contributed by atoms with E-state index in [9.17, 15) is 4.79 Å². The van der Waals surface area contributed by atoms with E-state index >= 15 is 0 Å². The number of hydrogen-bond acceptors (Lipinski definition) is 4. The Morgan fingerprint density at radius 2 is 2.04 bits per heavy atom. The Labute approximate surface area is 140 Å². The van der Waals surface area contributed by atoms with Crippen molar-refractivity contribution >= 4 is 17.5 Å². The van der Waals surface area contributed by atoms with E-state index in [-0.39, 0.29) is 11.9 Å². The van der Waals surface area contributed by atoms with Crippen molar-refractivity contribution in [3.8, 4) is 0 Å². The first-order valence-electron chi connectivity index (χ1n) is 8.04. The quantitative estimate of drug-likeness (QED) is 0.750. The summed E-state index contributed by atoms with van der Waals surface area (Å²) in [6, 6.07) is 14.5. The molecule has 0 radical (unpaired) electrons. The molecule has 2 aliphatic heterocycles. The van der Waals surface area contributed by atoms with E-state index in [1.165, 1.54) is 20.9 Å². The number of ketones is 1. The molecule has 0 spiro atoms. The van der Waals surface area contributed by atoms with E-state index in [0.717, 1.165) is 25.1 Å². The summed E-state index contributed by atoms with van der Waals surface area (Å²) >= 11 is 1.76. The number of rotatable bonds is 3. The zero-order valence-corrected chi connectivity index (χ0v) is 13.7. The molecule has 0 aromatic heterocycles. The minimum absolute atomic E-state index is 0.00404. The minimum atomic E-state index is -0.00404. The molecule has 2 aromatic rings. The lowest BCUT2D eigenvalue weighted by Gasteiger charge is -2.24. The van der Waals surface area contributed by atoms with Gasteiger partial charge in [-0.25, -0.2) is 0 Å². The van der Waals surface area contributed by atoms with Crippen molar-refractivity contribution in [2.24, 2.45) is 0 Å². The first-order valence-corrected chi connectivity index (χ1v) is 8.86. The maximum atomic E-state index is 12.8. The summed E-state index contributed by atoms with van der Waals surface area (Å²) < 4.78 is 5.68. The Balaban J connectivity index is 1.60. The van der Waals surface area contributed by atoms with Gasteiger partial charge in [-0.1, -0.05) is 42.1 Å². The van der Waals surface area contributed by atoms with Crippen LogP contribution in [-0.2, 0) is 11.2 Å².